The summed E-state index contributed by atoms with van der Waals surface area (Å²) in [6.07, 6.45) is 1.29. The van der Waals surface area contributed by atoms with Crippen LogP contribution in [0.1, 0.15) is 45.0 Å². The van der Waals surface area contributed by atoms with Crippen LogP contribution in [0.15, 0.2) is 71.3 Å². The molecule has 0 spiro atoms. The van der Waals surface area contributed by atoms with Crippen LogP contribution in [0.2, 0.25) is 0 Å². The van der Waals surface area contributed by atoms with Crippen molar-refractivity contribution in [1.29, 1.82) is 0 Å². The molecular weight excluding hydrogens is 514 g/mol. The SMILES string of the molecule is Cc1ccc(C(C)Nc2ccc(-c3ccoc3C(=O)NNC(=O)c3ccc(O)c([N+](=O)[O-])c3)cc2)c(F)c1F. The normalized spacial score (nSPS) is 11.5. The average Bonchev–Trinajstić information content (AvgIpc) is 3.41. The molecule has 3 aromatic carbocycles. The Morgan fingerprint density at radius 2 is 1.67 bits per heavy atom. The van der Waals surface area contributed by atoms with Gasteiger partial charge in [-0.2, -0.15) is 0 Å². The van der Waals surface area contributed by atoms with Crippen LogP contribution in [0, 0.1) is 28.7 Å². The molecule has 0 saturated heterocycles. The molecule has 10 nitrogen and oxygen atoms in total. The Balaban J connectivity index is 1.43. The minimum absolute atomic E-state index is 0.113. The zero-order valence-electron chi connectivity index (χ0n) is 20.6. The van der Waals surface area contributed by atoms with Crippen molar-refractivity contribution < 1.29 is 32.8 Å². The van der Waals surface area contributed by atoms with Gasteiger partial charge in [0.1, 0.15) is 0 Å². The summed E-state index contributed by atoms with van der Waals surface area (Å²) in [5, 5.41) is 23.6. The number of nitrogens with zero attached hydrogens (tertiary/aromatic N) is 1. The minimum Gasteiger partial charge on any atom is -0.502 e. The Morgan fingerprint density at radius 1 is 0.974 bits per heavy atom. The number of rotatable bonds is 7. The van der Waals surface area contributed by atoms with Gasteiger partial charge in [-0.25, -0.2) is 8.78 Å². The van der Waals surface area contributed by atoms with E-state index in [4.69, 9.17) is 4.42 Å². The molecule has 1 unspecified atom stereocenters. The number of aryl methyl sites for hydroxylation is 1. The Kier molecular flexibility index (Phi) is 7.56. The Hall–Kier alpha value is -5.26. The van der Waals surface area contributed by atoms with Gasteiger partial charge in [0.15, 0.2) is 17.4 Å². The number of halogens is 2. The van der Waals surface area contributed by atoms with Crippen LogP contribution in [0.25, 0.3) is 11.1 Å². The van der Waals surface area contributed by atoms with Crippen molar-refractivity contribution >= 4 is 23.2 Å². The fourth-order valence-corrected chi connectivity index (χ4v) is 3.83. The number of hydrazine groups is 1. The second kappa shape index (κ2) is 11.0. The van der Waals surface area contributed by atoms with E-state index < -0.39 is 45.9 Å². The summed E-state index contributed by atoms with van der Waals surface area (Å²) in [4.78, 5) is 35.1. The standard InChI is InChI=1S/C27H22F2N4O6/c1-14-3-9-19(24(29)23(14)28)15(2)30-18-7-4-16(5-8-18)20-11-12-39-25(20)27(36)32-31-26(35)17-6-10-22(34)21(13-17)33(37)38/h3-13,15,30,34H,1-2H3,(H,31,35)(H,32,36). The molecular formula is C27H22F2N4O6. The Morgan fingerprint density at radius 3 is 2.36 bits per heavy atom. The highest BCUT2D eigenvalue weighted by molar-refractivity contribution is 6.01. The van der Waals surface area contributed by atoms with E-state index in [9.17, 15) is 33.6 Å². The minimum atomic E-state index is -0.906. The lowest BCUT2D eigenvalue weighted by Crippen LogP contribution is -2.41. The number of phenolic OH excluding ortho intramolecular Hbond substituents is 1. The lowest BCUT2D eigenvalue weighted by molar-refractivity contribution is -0.385. The van der Waals surface area contributed by atoms with Gasteiger partial charge in [-0.15, -0.1) is 0 Å². The molecule has 200 valence electrons. The van der Waals surface area contributed by atoms with E-state index in [1.54, 1.807) is 37.3 Å². The molecule has 0 saturated carbocycles. The van der Waals surface area contributed by atoms with Gasteiger partial charge >= 0.3 is 11.6 Å². The van der Waals surface area contributed by atoms with Crippen LogP contribution >= 0.6 is 0 Å². The third kappa shape index (κ3) is 5.69. The molecule has 0 bridgehead atoms. The topological polar surface area (TPSA) is 147 Å². The summed E-state index contributed by atoms with van der Waals surface area (Å²) in [6, 6.07) is 13.9. The number of anilines is 1. The predicted octanol–water partition coefficient (Wildman–Crippen LogP) is 5.39. The first-order valence-corrected chi connectivity index (χ1v) is 11.5. The maximum Gasteiger partial charge on any atom is 0.311 e. The fourth-order valence-electron chi connectivity index (χ4n) is 3.83. The second-order valence-electron chi connectivity index (χ2n) is 8.58. The van der Waals surface area contributed by atoms with E-state index >= 15 is 0 Å². The summed E-state index contributed by atoms with van der Waals surface area (Å²) < 4.78 is 33.6. The van der Waals surface area contributed by atoms with Gasteiger partial charge in [-0.1, -0.05) is 24.3 Å². The number of nitro benzene ring substituents is 1. The highest BCUT2D eigenvalue weighted by Crippen LogP contribution is 2.29. The first-order valence-electron chi connectivity index (χ1n) is 11.5. The van der Waals surface area contributed by atoms with Gasteiger partial charge in [0.05, 0.1) is 17.2 Å². The molecule has 0 radical (unpaired) electrons. The molecule has 2 amide bonds. The third-order valence-corrected chi connectivity index (χ3v) is 5.95. The number of phenols is 1. The molecule has 4 N–H and O–H groups in total. The number of aromatic hydroxyl groups is 1. The fraction of sp³-hybridized carbons (Fsp3) is 0.111. The van der Waals surface area contributed by atoms with Gasteiger partial charge in [-0.3, -0.25) is 30.6 Å². The third-order valence-electron chi connectivity index (χ3n) is 5.95. The van der Waals surface area contributed by atoms with E-state index in [2.05, 4.69) is 16.2 Å². The number of hydrogen-bond donors (Lipinski definition) is 4. The number of nitrogens with one attached hydrogen (secondary N) is 3. The lowest BCUT2D eigenvalue weighted by Gasteiger charge is -2.17. The molecule has 0 aliphatic heterocycles. The van der Waals surface area contributed by atoms with Crippen molar-refractivity contribution in [2.75, 3.05) is 5.32 Å². The van der Waals surface area contributed by atoms with Gasteiger partial charge in [0.25, 0.3) is 5.91 Å². The highest BCUT2D eigenvalue weighted by Gasteiger charge is 2.21. The lowest BCUT2D eigenvalue weighted by atomic mass is 10.0. The summed E-state index contributed by atoms with van der Waals surface area (Å²) in [7, 11) is 0. The Bertz CT molecular complexity index is 1570. The second-order valence-corrected chi connectivity index (χ2v) is 8.58. The number of furan rings is 1. The van der Waals surface area contributed by atoms with Crippen molar-refractivity contribution in [3.8, 4) is 16.9 Å². The summed E-state index contributed by atoms with van der Waals surface area (Å²) in [5.74, 6) is -4.15. The predicted molar refractivity (Wildman–Crippen MR) is 137 cm³/mol. The highest BCUT2D eigenvalue weighted by atomic mass is 19.2. The monoisotopic (exact) mass is 536 g/mol. The van der Waals surface area contributed by atoms with Crippen LogP contribution in [-0.4, -0.2) is 21.8 Å². The molecule has 12 heteroatoms. The molecule has 1 aromatic heterocycles. The average molecular weight is 536 g/mol. The van der Waals surface area contributed by atoms with Crippen LogP contribution in [0.5, 0.6) is 5.75 Å². The molecule has 39 heavy (non-hydrogen) atoms. The van der Waals surface area contributed by atoms with Crippen molar-refractivity contribution in [2.24, 2.45) is 0 Å². The van der Waals surface area contributed by atoms with Crippen LogP contribution in [0.3, 0.4) is 0 Å². The van der Waals surface area contributed by atoms with Gasteiger partial charge < -0.3 is 14.8 Å². The van der Waals surface area contributed by atoms with E-state index in [0.29, 0.717) is 16.8 Å². The summed E-state index contributed by atoms with van der Waals surface area (Å²) in [5.41, 5.74) is 5.53. The van der Waals surface area contributed by atoms with Crippen LogP contribution in [-0.2, 0) is 0 Å². The maximum absolute atomic E-state index is 14.3. The zero-order chi connectivity index (χ0) is 28.3. The van der Waals surface area contributed by atoms with Crippen molar-refractivity contribution in [3.63, 3.8) is 0 Å². The van der Waals surface area contributed by atoms with Crippen molar-refractivity contribution in [2.45, 2.75) is 19.9 Å². The number of hydrogen-bond acceptors (Lipinski definition) is 7. The largest absolute Gasteiger partial charge is 0.502 e. The number of benzene rings is 3. The van der Waals surface area contributed by atoms with Gasteiger partial charge in [0.2, 0.25) is 5.76 Å². The number of nitro groups is 1. The number of carbonyl (C=O) groups is 2. The first-order chi connectivity index (χ1) is 18.6. The smallest absolute Gasteiger partial charge is 0.311 e. The van der Waals surface area contributed by atoms with Crippen molar-refractivity contribution in [1.82, 2.24) is 10.9 Å². The van der Waals surface area contributed by atoms with Gasteiger partial charge in [-0.05, 0) is 55.3 Å². The summed E-state index contributed by atoms with van der Waals surface area (Å²) >= 11 is 0. The van der Waals surface area contributed by atoms with E-state index in [1.165, 1.54) is 25.3 Å². The maximum atomic E-state index is 14.3. The number of amides is 2. The first kappa shape index (κ1) is 26.8. The molecule has 1 atom stereocenters. The Labute approximate surface area is 220 Å². The molecule has 1 heterocycles. The molecule has 0 aliphatic carbocycles. The van der Waals surface area contributed by atoms with E-state index in [-0.39, 0.29) is 22.5 Å². The van der Waals surface area contributed by atoms with E-state index in [0.717, 1.165) is 18.2 Å². The summed E-state index contributed by atoms with van der Waals surface area (Å²) in [6.45, 7) is 3.19. The van der Waals surface area contributed by atoms with E-state index in [1.807, 2.05) is 0 Å². The van der Waals surface area contributed by atoms with Crippen molar-refractivity contribution in [3.05, 3.63) is 111 Å². The molecule has 0 fully saturated rings. The number of carbonyl (C=O) groups excluding carboxylic acids is 2. The van der Waals surface area contributed by atoms with Crippen LogP contribution in [0.4, 0.5) is 20.2 Å². The zero-order valence-corrected chi connectivity index (χ0v) is 20.6. The van der Waals surface area contributed by atoms with Gasteiger partial charge in [0, 0.05) is 28.4 Å². The van der Waals surface area contributed by atoms with Crippen LogP contribution < -0.4 is 16.2 Å². The molecule has 4 rings (SSSR count). The molecule has 4 aromatic rings. The molecule has 0 aliphatic rings. The quantitative estimate of drug-likeness (QED) is 0.183.